The first kappa shape index (κ1) is 15.8. The number of para-hydroxylation sites is 1. The maximum atomic E-state index is 11.7. The van der Waals surface area contributed by atoms with Crippen molar-refractivity contribution in [3.05, 3.63) is 52.2 Å². The highest BCUT2D eigenvalue weighted by Crippen LogP contribution is 2.36. The second-order valence-electron chi connectivity index (χ2n) is 4.87. The van der Waals surface area contributed by atoms with Crippen molar-refractivity contribution >= 4 is 42.4 Å². The van der Waals surface area contributed by atoms with Crippen LogP contribution in [0, 0.1) is 0 Å². The normalized spacial score (nSPS) is 17.0. The van der Waals surface area contributed by atoms with Crippen molar-refractivity contribution in [1.29, 1.82) is 0 Å². The predicted molar refractivity (Wildman–Crippen MR) is 88.6 cm³/mol. The first-order valence-corrected chi connectivity index (χ1v) is 8.89. The Bertz CT molecular complexity index is 885. The second-order valence-corrected chi connectivity index (χ2v) is 6.66. The molecule has 3 rings (SSSR count). The number of aliphatic hydroxyl groups excluding tert-OH is 1. The van der Waals surface area contributed by atoms with Crippen molar-refractivity contribution < 1.29 is 19.4 Å². The molecule has 23 heavy (non-hydrogen) atoms. The van der Waals surface area contributed by atoms with E-state index >= 15 is 0 Å². The number of hydrogen-bond donors (Lipinski definition) is 2. The van der Waals surface area contributed by atoms with E-state index in [2.05, 4.69) is 5.32 Å². The quantitative estimate of drug-likeness (QED) is 0.652. The summed E-state index contributed by atoms with van der Waals surface area (Å²) in [5, 5.41) is 16.1. The highest BCUT2D eigenvalue weighted by atomic mass is 32.2. The van der Waals surface area contributed by atoms with Crippen LogP contribution in [0.3, 0.4) is 0 Å². The zero-order valence-electron chi connectivity index (χ0n) is 12.1. The van der Waals surface area contributed by atoms with Crippen molar-refractivity contribution in [3.8, 4) is 0 Å². The van der Waals surface area contributed by atoms with Crippen LogP contribution in [0.25, 0.3) is 16.7 Å². The smallest absolute Gasteiger partial charge is 0.444 e. The van der Waals surface area contributed by atoms with Crippen LogP contribution in [0.2, 0.25) is 0 Å². The zero-order valence-corrected chi connectivity index (χ0v) is 13.9. The predicted octanol–water partition coefficient (Wildman–Crippen LogP) is 2.85. The van der Waals surface area contributed by atoms with Crippen LogP contribution in [0.1, 0.15) is 18.9 Å². The molecule has 8 heteroatoms. The van der Waals surface area contributed by atoms with E-state index in [4.69, 9.17) is 0 Å². The molecule has 1 unspecified atom stereocenters. The highest BCUT2D eigenvalue weighted by Gasteiger charge is 2.23. The molecule has 6 nitrogen and oxygen atoms in total. The number of nitrogens with zero attached hydrogens (tertiary/aromatic N) is 1. The van der Waals surface area contributed by atoms with Gasteiger partial charge in [-0.2, -0.15) is 0 Å². The lowest BCUT2D eigenvalue weighted by molar-refractivity contribution is -0.166. The van der Waals surface area contributed by atoms with Crippen LogP contribution < -0.4 is 10.2 Å². The van der Waals surface area contributed by atoms with E-state index in [1.54, 1.807) is 36.6 Å². The van der Waals surface area contributed by atoms with Gasteiger partial charge < -0.3 is 15.3 Å². The SMILES string of the molecule is CCC(=O)C1=CSC(=C(O)c2cn([P+](=O)[O-])c3ccccc23)N1. The molecule has 0 saturated heterocycles. The summed E-state index contributed by atoms with van der Waals surface area (Å²) in [4.78, 5) is 23.1. The van der Waals surface area contributed by atoms with Crippen molar-refractivity contribution in [2.45, 2.75) is 13.3 Å². The molecule has 0 radical (unpaired) electrons. The van der Waals surface area contributed by atoms with Gasteiger partial charge in [0.15, 0.2) is 11.5 Å². The Morgan fingerprint density at radius 2 is 2.17 bits per heavy atom. The Kier molecular flexibility index (Phi) is 4.26. The second kappa shape index (κ2) is 6.20. The first-order chi connectivity index (χ1) is 11.0. The molecule has 0 fully saturated rings. The topological polar surface area (TPSA) is 94.4 Å². The summed E-state index contributed by atoms with van der Waals surface area (Å²) >= 11 is 1.20. The minimum atomic E-state index is -2.84. The summed E-state index contributed by atoms with van der Waals surface area (Å²) in [6.45, 7) is 1.76. The first-order valence-electron chi connectivity index (χ1n) is 6.88. The van der Waals surface area contributed by atoms with Crippen molar-refractivity contribution in [2.24, 2.45) is 0 Å². The van der Waals surface area contributed by atoms with E-state index in [-0.39, 0.29) is 11.5 Å². The van der Waals surface area contributed by atoms with Crippen LogP contribution in [0.15, 0.2) is 46.6 Å². The summed E-state index contributed by atoms with van der Waals surface area (Å²) in [5.41, 5.74) is 1.32. The number of thioether (sulfide) groups is 1. The van der Waals surface area contributed by atoms with Crippen LogP contribution in [0.5, 0.6) is 0 Å². The minimum Gasteiger partial charge on any atom is -0.573 e. The van der Waals surface area contributed by atoms with E-state index in [9.17, 15) is 19.4 Å². The molecule has 1 aromatic carbocycles. The fourth-order valence-corrected chi connectivity index (χ4v) is 3.73. The fourth-order valence-electron chi connectivity index (χ4n) is 2.35. The largest absolute Gasteiger partial charge is 0.573 e. The van der Waals surface area contributed by atoms with Gasteiger partial charge >= 0.3 is 8.18 Å². The Morgan fingerprint density at radius 1 is 1.43 bits per heavy atom. The van der Waals surface area contributed by atoms with Gasteiger partial charge in [0, 0.05) is 22.8 Å². The van der Waals surface area contributed by atoms with E-state index in [1.165, 1.54) is 18.0 Å². The lowest BCUT2D eigenvalue weighted by Gasteiger charge is -2.05. The molecule has 2 heterocycles. The monoisotopic (exact) mass is 348 g/mol. The van der Waals surface area contributed by atoms with Gasteiger partial charge in [0.05, 0.1) is 17.4 Å². The number of fused-ring (bicyclic) bond motifs is 1. The summed E-state index contributed by atoms with van der Waals surface area (Å²) in [6, 6.07) is 6.91. The summed E-state index contributed by atoms with van der Waals surface area (Å²) in [7, 11) is -2.84. The third-order valence-corrected chi connectivity index (χ3v) is 5.07. The number of ketones is 1. The molecule has 1 aliphatic rings. The van der Waals surface area contributed by atoms with Crippen LogP contribution in [-0.4, -0.2) is 15.2 Å². The summed E-state index contributed by atoms with van der Waals surface area (Å²) < 4.78 is 12.5. The number of Topliss-reactive ketones (excluding diaryl/α,β-unsaturated/α-hetero) is 1. The van der Waals surface area contributed by atoms with Gasteiger partial charge in [0.2, 0.25) is 0 Å². The van der Waals surface area contributed by atoms with E-state index < -0.39 is 8.18 Å². The van der Waals surface area contributed by atoms with Gasteiger partial charge in [-0.3, -0.25) is 4.79 Å². The van der Waals surface area contributed by atoms with Crippen LogP contribution in [0.4, 0.5) is 0 Å². The van der Waals surface area contributed by atoms with Gasteiger partial charge in [-0.1, -0.05) is 36.9 Å². The fraction of sp³-hybridized carbons (Fsp3) is 0.133. The molecule has 0 aliphatic carbocycles. The number of benzene rings is 1. The minimum absolute atomic E-state index is 0.0506. The molecule has 0 spiro atoms. The number of allylic oxidation sites excluding steroid dienone is 1. The molecular formula is C15H13N2O4PS. The molecule has 2 N–H and O–H groups in total. The van der Waals surface area contributed by atoms with Gasteiger partial charge in [-0.15, -0.1) is 4.34 Å². The van der Waals surface area contributed by atoms with E-state index in [1.807, 2.05) is 0 Å². The van der Waals surface area contributed by atoms with Crippen molar-refractivity contribution in [1.82, 2.24) is 9.65 Å². The molecule has 118 valence electrons. The molecule has 1 aliphatic heterocycles. The zero-order chi connectivity index (χ0) is 16.6. The molecule has 0 saturated carbocycles. The van der Waals surface area contributed by atoms with Gasteiger partial charge in [0.1, 0.15) is 5.03 Å². The average Bonchev–Trinajstić information content (AvgIpc) is 3.18. The Hall–Kier alpha value is -2.08. The number of carbonyl (C=O) groups is 1. The molecule has 2 aromatic rings. The van der Waals surface area contributed by atoms with Gasteiger partial charge in [-0.05, 0) is 10.6 Å². The summed E-state index contributed by atoms with van der Waals surface area (Å²) in [5.74, 6) is -0.137. The maximum Gasteiger partial charge on any atom is 0.444 e. The lowest BCUT2D eigenvalue weighted by atomic mass is 10.1. The van der Waals surface area contributed by atoms with Gasteiger partial charge in [-0.25, -0.2) is 0 Å². The number of carbonyl (C=O) groups excluding carboxylic acids is 1. The van der Waals surface area contributed by atoms with Gasteiger partial charge in [0.25, 0.3) is 0 Å². The molecule has 1 atom stereocenters. The third-order valence-electron chi connectivity index (χ3n) is 3.50. The average molecular weight is 348 g/mol. The highest BCUT2D eigenvalue weighted by molar-refractivity contribution is 8.06. The lowest BCUT2D eigenvalue weighted by Crippen LogP contribution is -2.14. The number of aromatic nitrogens is 1. The number of nitrogens with one attached hydrogen (secondary N) is 1. The van der Waals surface area contributed by atoms with Crippen molar-refractivity contribution in [3.63, 3.8) is 0 Å². The molecule has 0 amide bonds. The molecule has 1 aromatic heterocycles. The number of hydrogen-bond acceptors (Lipinski definition) is 6. The van der Waals surface area contributed by atoms with Crippen LogP contribution in [-0.2, 0) is 9.36 Å². The standard InChI is InChI=1S/C15H13N2O4PS/c1-2-13(18)11-8-23-15(16-11)14(19)10-7-17(22(20)21)12-6-4-3-5-9(10)12/h3-8,16,19H,2H2,1H3. The molecular weight excluding hydrogens is 335 g/mol. The Labute approximate surface area is 137 Å². The Balaban J connectivity index is 2.06. The third kappa shape index (κ3) is 2.79. The number of aliphatic hydroxyl groups is 1. The van der Waals surface area contributed by atoms with E-state index in [0.717, 1.165) is 4.34 Å². The van der Waals surface area contributed by atoms with E-state index in [0.29, 0.717) is 33.6 Å². The molecule has 0 bridgehead atoms. The maximum absolute atomic E-state index is 11.7. The van der Waals surface area contributed by atoms with Crippen molar-refractivity contribution in [2.75, 3.05) is 0 Å². The van der Waals surface area contributed by atoms with Crippen LogP contribution >= 0.6 is 19.9 Å². The summed E-state index contributed by atoms with van der Waals surface area (Å²) in [6.07, 6.45) is 1.74. The Morgan fingerprint density at radius 3 is 2.87 bits per heavy atom. The number of rotatable bonds is 4.